The van der Waals surface area contributed by atoms with Gasteiger partial charge in [-0.3, -0.25) is 9.78 Å². The van der Waals surface area contributed by atoms with Gasteiger partial charge in [0.15, 0.2) is 11.5 Å². The molecule has 3 rings (SSSR count). The van der Waals surface area contributed by atoms with Gasteiger partial charge in [-0.25, -0.2) is 4.85 Å². The summed E-state index contributed by atoms with van der Waals surface area (Å²) in [4.78, 5) is 19.9. The van der Waals surface area contributed by atoms with E-state index in [4.69, 9.17) is 16.6 Å². The van der Waals surface area contributed by atoms with Gasteiger partial charge in [-0.15, -0.1) is 0 Å². The summed E-state index contributed by atoms with van der Waals surface area (Å²) >= 11 is 0. The highest BCUT2D eigenvalue weighted by atomic mass is 16.5. The largest absolute Gasteiger partial charge is 0.487 e. The molecule has 2 aromatic carbocycles. The van der Waals surface area contributed by atoms with Crippen molar-refractivity contribution in [1.29, 1.82) is 5.26 Å². The van der Waals surface area contributed by atoms with E-state index in [1.807, 2.05) is 12.1 Å². The Kier molecular flexibility index (Phi) is 5.57. The van der Waals surface area contributed by atoms with E-state index in [0.717, 1.165) is 11.1 Å². The molecule has 1 heterocycles. The topological polar surface area (TPSA) is 67.3 Å². The molecule has 0 N–H and O–H groups in total. The van der Waals surface area contributed by atoms with Crippen LogP contribution in [0.5, 0.6) is 5.75 Å². The standard InChI is InChI=1S/C22H15N3O2/c1-24-20-8-6-16(7-9-20)10-22(26)19-11-21(14-25-13-19)27-15-18-4-2-17(12-23)3-5-18/h2-9,11,13-14H,10,15H2. The van der Waals surface area contributed by atoms with Crippen molar-refractivity contribution in [3.63, 3.8) is 0 Å². The van der Waals surface area contributed by atoms with E-state index in [1.165, 1.54) is 6.20 Å². The highest BCUT2D eigenvalue weighted by molar-refractivity contribution is 5.97. The maximum Gasteiger partial charge on any atom is 0.187 e. The lowest BCUT2D eigenvalue weighted by Gasteiger charge is -2.08. The van der Waals surface area contributed by atoms with Crippen molar-refractivity contribution in [2.75, 3.05) is 0 Å². The SMILES string of the molecule is [C-]#[N+]c1ccc(CC(=O)c2cncc(OCc3ccc(C#N)cc3)c2)cc1. The molecule has 27 heavy (non-hydrogen) atoms. The fourth-order valence-corrected chi connectivity index (χ4v) is 2.47. The summed E-state index contributed by atoms with van der Waals surface area (Å²) in [5, 5.41) is 8.82. The minimum Gasteiger partial charge on any atom is -0.487 e. The number of nitriles is 1. The lowest BCUT2D eigenvalue weighted by Crippen LogP contribution is -2.05. The Bertz CT molecular complexity index is 1030. The van der Waals surface area contributed by atoms with Crippen LogP contribution >= 0.6 is 0 Å². The first-order valence-corrected chi connectivity index (χ1v) is 8.24. The second kappa shape index (κ2) is 8.42. The third-order valence-electron chi connectivity index (χ3n) is 3.95. The number of hydrogen-bond donors (Lipinski definition) is 0. The molecule has 5 heteroatoms. The number of nitrogens with zero attached hydrogens (tertiary/aromatic N) is 3. The molecular formula is C22H15N3O2. The number of carbonyl (C=O) groups is 1. The number of ketones is 1. The third kappa shape index (κ3) is 4.78. The molecule has 0 amide bonds. The molecule has 5 nitrogen and oxygen atoms in total. The molecule has 0 aliphatic heterocycles. The molecule has 0 saturated carbocycles. The number of rotatable bonds is 6. The normalized spacial score (nSPS) is 9.85. The van der Waals surface area contributed by atoms with Crippen LogP contribution in [0.2, 0.25) is 0 Å². The summed E-state index contributed by atoms with van der Waals surface area (Å²) in [7, 11) is 0. The quantitative estimate of drug-likeness (QED) is 0.483. The van der Waals surface area contributed by atoms with Gasteiger partial charge in [-0.2, -0.15) is 5.26 Å². The fourth-order valence-electron chi connectivity index (χ4n) is 2.47. The van der Waals surface area contributed by atoms with E-state index in [-0.39, 0.29) is 12.2 Å². The maximum atomic E-state index is 12.5. The maximum absolute atomic E-state index is 12.5. The lowest BCUT2D eigenvalue weighted by atomic mass is 10.0. The first kappa shape index (κ1) is 17.8. The number of hydrogen-bond acceptors (Lipinski definition) is 4. The first-order valence-electron chi connectivity index (χ1n) is 8.24. The molecule has 130 valence electrons. The van der Waals surface area contributed by atoms with Gasteiger partial charge in [0, 0.05) is 18.2 Å². The Morgan fingerprint density at radius 2 is 1.78 bits per heavy atom. The Balaban J connectivity index is 1.64. The molecule has 0 aliphatic rings. The van der Waals surface area contributed by atoms with Gasteiger partial charge in [0.2, 0.25) is 0 Å². The van der Waals surface area contributed by atoms with E-state index in [9.17, 15) is 4.79 Å². The zero-order chi connectivity index (χ0) is 19.1. The summed E-state index contributed by atoms with van der Waals surface area (Å²) in [6.07, 6.45) is 3.31. The molecule has 0 aliphatic carbocycles. The van der Waals surface area contributed by atoms with E-state index in [1.54, 1.807) is 48.7 Å². The van der Waals surface area contributed by atoms with Crippen molar-refractivity contribution in [2.24, 2.45) is 0 Å². The first-order chi connectivity index (χ1) is 13.2. The van der Waals surface area contributed by atoms with Crippen LogP contribution < -0.4 is 4.74 Å². The Hall–Kier alpha value is -3.96. The van der Waals surface area contributed by atoms with E-state index >= 15 is 0 Å². The van der Waals surface area contributed by atoms with Crippen LogP contribution in [0.1, 0.15) is 27.0 Å². The Morgan fingerprint density at radius 1 is 1.07 bits per heavy atom. The number of Topliss-reactive ketones (excluding diaryl/α,β-unsaturated/α-hetero) is 1. The van der Waals surface area contributed by atoms with Crippen molar-refractivity contribution < 1.29 is 9.53 Å². The van der Waals surface area contributed by atoms with Gasteiger partial charge in [0.05, 0.1) is 24.4 Å². The molecule has 0 spiro atoms. The molecule has 3 aromatic rings. The van der Waals surface area contributed by atoms with Gasteiger partial charge in [0.1, 0.15) is 12.4 Å². The molecule has 0 bridgehead atoms. The summed E-state index contributed by atoms with van der Waals surface area (Å²) in [6, 6.07) is 17.8. The van der Waals surface area contributed by atoms with Gasteiger partial charge >= 0.3 is 0 Å². The van der Waals surface area contributed by atoms with E-state index in [2.05, 4.69) is 15.9 Å². The molecule has 0 radical (unpaired) electrons. The number of carbonyl (C=O) groups excluding carboxylic acids is 1. The molecule has 0 atom stereocenters. The smallest absolute Gasteiger partial charge is 0.187 e. The number of pyridine rings is 1. The highest BCUT2D eigenvalue weighted by Gasteiger charge is 2.09. The second-order valence-corrected chi connectivity index (χ2v) is 5.88. The fraction of sp³-hybridized carbons (Fsp3) is 0.0909. The Morgan fingerprint density at radius 3 is 2.44 bits per heavy atom. The van der Waals surface area contributed by atoms with Gasteiger partial charge in [-0.05, 0) is 29.3 Å². The van der Waals surface area contributed by atoms with Crippen molar-refractivity contribution in [1.82, 2.24) is 4.98 Å². The molecule has 0 fully saturated rings. The predicted molar refractivity (Wildman–Crippen MR) is 100 cm³/mol. The minimum atomic E-state index is -0.0677. The molecule has 0 saturated heterocycles. The van der Waals surface area contributed by atoms with Crippen LogP contribution in [0.4, 0.5) is 5.69 Å². The zero-order valence-corrected chi connectivity index (χ0v) is 14.4. The van der Waals surface area contributed by atoms with Gasteiger partial charge < -0.3 is 4.74 Å². The lowest BCUT2D eigenvalue weighted by molar-refractivity contribution is 0.0992. The summed E-state index contributed by atoms with van der Waals surface area (Å²) < 4.78 is 5.71. The van der Waals surface area contributed by atoms with Crippen molar-refractivity contribution in [3.8, 4) is 11.8 Å². The minimum absolute atomic E-state index is 0.0677. The van der Waals surface area contributed by atoms with Crippen LogP contribution in [0.25, 0.3) is 4.85 Å². The van der Waals surface area contributed by atoms with Crippen LogP contribution in [0.15, 0.2) is 67.0 Å². The zero-order valence-electron chi connectivity index (χ0n) is 14.4. The number of benzene rings is 2. The van der Waals surface area contributed by atoms with Crippen LogP contribution in [-0.2, 0) is 13.0 Å². The van der Waals surface area contributed by atoms with Gasteiger partial charge in [0.25, 0.3) is 0 Å². The van der Waals surface area contributed by atoms with E-state index in [0.29, 0.717) is 29.2 Å². The van der Waals surface area contributed by atoms with Crippen molar-refractivity contribution in [2.45, 2.75) is 13.0 Å². The molecular weight excluding hydrogens is 338 g/mol. The van der Waals surface area contributed by atoms with Gasteiger partial charge in [-0.1, -0.05) is 36.4 Å². The third-order valence-corrected chi connectivity index (χ3v) is 3.95. The summed E-state index contributed by atoms with van der Waals surface area (Å²) in [6.45, 7) is 7.28. The number of ether oxygens (including phenoxy) is 1. The monoisotopic (exact) mass is 353 g/mol. The predicted octanol–water partition coefficient (Wildman–Crippen LogP) is 4.51. The van der Waals surface area contributed by atoms with Crippen LogP contribution in [0.3, 0.4) is 0 Å². The number of aromatic nitrogens is 1. The average Bonchev–Trinajstić information content (AvgIpc) is 2.73. The van der Waals surface area contributed by atoms with Crippen LogP contribution in [0, 0.1) is 17.9 Å². The van der Waals surface area contributed by atoms with Crippen molar-refractivity contribution in [3.05, 3.63) is 101 Å². The second-order valence-electron chi connectivity index (χ2n) is 5.88. The summed E-state index contributed by atoms with van der Waals surface area (Å²) in [5.41, 5.74) is 3.38. The average molecular weight is 353 g/mol. The molecule has 1 aromatic heterocycles. The molecule has 0 unspecified atom stereocenters. The van der Waals surface area contributed by atoms with Crippen LogP contribution in [-0.4, -0.2) is 10.8 Å². The van der Waals surface area contributed by atoms with Crippen molar-refractivity contribution >= 4 is 11.5 Å². The highest BCUT2D eigenvalue weighted by Crippen LogP contribution is 2.17. The Labute approximate surface area is 157 Å². The van der Waals surface area contributed by atoms with E-state index < -0.39 is 0 Å². The summed E-state index contributed by atoms with van der Waals surface area (Å²) in [5.74, 6) is 0.440.